The number of methoxy groups -OCH3 is 1. The first kappa shape index (κ1) is 13.3. The highest BCUT2D eigenvalue weighted by molar-refractivity contribution is 5.90. The van der Waals surface area contributed by atoms with Crippen LogP contribution in [0, 0.1) is 0 Å². The van der Waals surface area contributed by atoms with E-state index in [9.17, 15) is 4.79 Å². The highest BCUT2D eigenvalue weighted by atomic mass is 16.5. The number of ether oxygens (including phenoxy) is 1. The molecular formula is C13H17N3O3. The Bertz CT molecular complexity index is 571. The van der Waals surface area contributed by atoms with E-state index in [4.69, 9.17) is 9.15 Å². The van der Waals surface area contributed by atoms with E-state index in [2.05, 4.69) is 10.1 Å². The fourth-order valence-corrected chi connectivity index (χ4v) is 1.85. The van der Waals surface area contributed by atoms with Crippen LogP contribution in [0.1, 0.15) is 41.6 Å². The lowest BCUT2D eigenvalue weighted by molar-refractivity contribution is 0.0598. The first-order chi connectivity index (χ1) is 9.19. The summed E-state index contributed by atoms with van der Waals surface area (Å²) in [6.07, 6.45) is 3.04. The molecule has 0 N–H and O–H groups in total. The average Bonchev–Trinajstić information content (AvgIpc) is 3.04. The van der Waals surface area contributed by atoms with Crippen LogP contribution >= 0.6 is 0 Å². The fourth-order valence-electron chi connectivity index (χ4n) is 1.85. The van der Waals surface area contributed by atoms with Crippen LogP contribution in [-0.2, 0) is 24.1 Å². The maximum atomic E-state index is 11.6. The normalized spacial score (nSPS) is 10.7. The van der Waals surface area contributed by atoms with Gasteiger partial charge in [0, 0.05) is 12.8 Å². The lowest BCUT2D eigenvalue weighted by atomic mass is 10.2. The number of nitrogens with zero attached hydrogens (tertiary/aromatic N) is 3. The van der Waals surface area contributed by atoms with E-state index < -0.39 is 5.97 Å². The van der Waals surface area contributed by atoms with E-state index in [0.29, 0.717) is 17.9 Å². The van der Waals surface area contributed by atoms with Crippen molar-refractivity contribution in [3.8, 4) is 0 Å². The first-order valence-electron chi connectivity index (χ1n) is 6.26. The smallest absolute Gasteiger partial charge is 0.341 e. The molecule has 6 nitrogen and oxygen atoms in total. The number of aromatic nitrogens is 3. The van der Waals surface area contributed by atoms with Crippen LogP contribution in [0.5, 0.6) is 0 Å². The zero-order chi connectivity index (χ0) is 13.8. The van der Waals surface area contributed by atoms with Crippen LogP contribution < -0.4 is 0 Å². The second-order valence-corrected chi connectivity index (χ2v) is 4.06. The number of carbonyl (C=O) groups excluding carboxylic acids is 1. The Hall–Kier alpha value is -2.11. The summed E-state index contributed by atoms with van der Waals surface area (Å²) in [5, 5.41) is 4.39. The van der Waals surface area contributed by atoms with Gasteiger partial charge in [-0.2, -0.15) is 5.10 Å². The lowest BCUT2D eigenvalue weighted by Crippen LogP contribution is -2.10. The minimum atomic E-state index is -0.405. The molecule has 2 rings (SSSR count). The Balaban J connectivity index is 2.28. The van der Waals surface area contributed by atoms with E-state index in [-0.39, 0.29) is 0 Å². The molecule has 0 amide bonds. The predicted octanol–water partition coefficient (Wildman–Crippen LogP) is 1.83. The summed E-state index contributed by atoms with van der Waals surface area (Å²) in [6.45, 7) is 4.41. The standard InChI is InChI=1S/C13H17N3O3/c1-4-11-14-12(5-2)16(15-11)8-10-9(6-7-19-10)13(17)18-3/h6-7H,4-5,8H2,1-3H3. The number of hydrogen-bond acceptors (Lipinski definition) is 5. The summed E-state index contributed by atoms with van der Waals surface area (Å²) < 4.78 is 11.8. The second kappa shape index (κ2) is 5.69. The second-order valence-electron chi connectivity index (χ2n) is 4.06. The van der Waals surface area contributed by atoms with E-state index in [1.165, 1.54) is 13.4 Å². The van der Waals surface area contributed by atoms with Gasteiger partial charge in [-0.05, 0) is 6.07 Å². The maximum absolute atomic E-state index is 11.6. The molecule has 2 aromatic heterocycles. The summed E-state index contributed by atoms with van der Waals surface area (Å²) in [5.74, 6) is 1.80. The van der Waals surface area contributed by atoms with Crippen LogP contribution in [0.3, 0.4) is 0 Å². The van der Waals surface area contributed by atoms with Gasteiger partial charge in [0.25, 0.3) is 0 Å². The number of carbonyl (C=O) groups is 1. The van der Waals surface area contributed by atoms with E-state index >= 15 is 0 Å². The topological polar surface area (TPSA) is 70.2 Å². The third kappa shape index (κ3) is 2.67. The molecule has 2 aromatic rings. The van der Waals surface area contributed by atoms with Crippen LogP contribution in [0.25, 0.3) is 0 Å². The molecule has 0 unspecified atom stereocenters. The third-order valence-corrected chi connectivity index (χ3v) is 2.87. The zero-order valence-electron chi connectivity index (χ0n) is 11.3. The van der Waals surface area contributed by atoms with Crippen LogP contribution in [-0.4, -0.2) is 27.8 Å². The van der Waals surface area contributed by atoms with Crippen molar-refractivity contribution >= 4 is 5.97 Å². The predicted molar refractivity (Wildman–Crippen MR) is 67.9 cm³/mol. The molecule has 0 aromatic carbocycles. The minimum absolute atomic E-state index is 0.383. The summed E-state index contributed by atoms with van der Waals surface area (Å²) in [6, 6.07) is 1.60. The van der Waals surface area contributed by atoms with Crippen molar-refractivity contribution in [2.75, 3.05) is 7.11 Å². The molecule has 102 valence electrons. The van der Waals surface area contributed by atoms with Crippen molar-refractivity contribution in [1.29, 1.82) is 0 Å². The van der Waals surface area contributed by atoms with Crippen molar-refractivity contribution in [2.45, 2.75) is 33.2 Å². The van der Waals surface area contributed by atoms with Gasteiger partial charge in [-0.3, -0.25) is 0 Å². The quantitative estimate of drug-likeness (QED) is 0.770. The summed E-state index contributed by atoms with van der Waals surface area (Å²) in [7, 11) is 1.35. The van der Waals surface area contributed by atoms with Gasteiger partial charge in [0.05, 0.1) is 13.4 Å². The Labute approximate surface area is 111 Å². The van der Waals surface area contributed by atoms with E-state index in [0.717, 1.165) is 24.5 Å². The average molecular weight is 263 g/mol. The molecule has 0 radical (unpaired) electrons. The summed E-state index contributed by atoms with van der Waals surface area (Å²) in [4.78, 5) is 16.0. The van der Waals surface area contributed by atoms with Crippen molar-refractivity contribution in [3.05, 3.63) is 35.3 Å². The van der Waals surface area contributed by atoms with Crippen LogP contribution in [0.2, 0.25) is 0 Å². The molecular weight excluding hydrogens is 246 g/mol. The molecule has 0 saturated carbocycles. The number of furan rings is 1. The third-order valence-electron chi connectivity index (χ3n) is 2.87. The van der Waals surface area contributed by atoms with Crippen molar-refractivity contribution in [2.24, 2.45) is 0 Å². The first-order valence-corrected chi connectivity index (χ1v) is 6.26. The molecule has 0 spiro atoms. The maximum Gasteiger partial charge on any atom is 0.341 e. The molecule has 0 bridgehead atoms. The highest BCUT2D eigenvalue weighted by Crippen LogP contribution is 2.14. The number of esters is 1. The highest BCUT2D eigenvalue weighted by Gasteiger charge is 2.17. The van der Waals surface area contributed by atoms with Gasteiger partial charge in [-0.25, -0.2) is 14.5 Å². The molecule has 2 heterocycles. The number of rotatable bonds is 5. The monoisotopic (exact) mass is 263 g/mol. The molecule has 19 heavy (non-hydrogen) atoms. The van der Waals surface area contributed by atoms with Gasteiger partial charge >= 0.3 is 5.97 Å². The van der Waals surface area contributed by atoms with Gasteiger partial charge in [0.1, 0.15) is 23.7 Å². The zero-order valence-corrected chi connectivity index (χ0v) is 11.3. The summed E-state index contributed by atoms with van der Waals surface area (Å²) in [5.41, 5.74) is 0.429. The Kier molecular flexibility index (Phi) is 3.99. The number of hydrogen-bond donors (Lipinski definition) is 0. The molecule has 0 atom stereocenters. The number of aryl methyl sites for hydroxylation is 2. The molecule has 0 saturated heterocycles. The van der Waals surface area contributed by atoms with Gasteiger partial charge in [-0.1, -0.05) is 13.8 Å². The van der Waals surface area contributed by atoms with Crippen molar-refractivity contribution < 1.29 is 13.9 Å². The van der Waals surface area contributed by atoms with Crippen LogP contribution in [0.15, 0.2) is 16.7 Å². The molecule has 0 aliphatic heterocycles. The molecule has 6 heteroatoms. The Morgan fingerprint density at radius 3 is 2.84 bits per heavy atom. The largest absolute Gasteiger partial charge is 0.466 e. The van der Waals surface area contributed by atoms with Crippen LogP contribution in [0.4, 0.5) is 0 Å². The molecule has 0 aliphatic carbocycles. The Morgan fingerprint density at radius 2 is 2.21 bits per heavy atom. The fraction of sp³-hybridized carbons (Fsp3) is 0.462. The van der Waals surface area contributed by atoms with Crippen molar-refractivity contribution in [3.63, 3.8) is 0 Å². The van der Waals surface area contributed by atoms with Gasteiger partial charge in [0.15, 0.2) is 5.82 Å². The lowest BCUT2D eigenvalue weighted by Gasteiger charge is -2.04. The van der Waals surface area contributed by atoms with E-state index in [1.54, 1.807) is 10.7 Å². The summed E-state index contributed by atoms with van der Waals surface area (Å²) >= 11 is 0. The Morgan fingerprint density at radius 1 is 1.42 bits per heavy atom. The minimum Gasteiger partial charge on any atom is -0.466 e. The van der Waals surface area contributed by atoms with Crippen molar-refractivity contribution in [1.82, 2.24) is 14.8 Å². The van der Waals surface area contributed by atoms with Gasteiger partial charge < -0.3 is 9.15 Å². The van der Waals surface area contributed by atoms with E-state index in [1.807, 2.05) is 13.8 Å². The van der Waals surface area contributed by atoms with Gasteiger partial charge in [-0.15, -0.1) is 0 Å². The van der Waals surface area contributed by atoms with Gasteiger partial charge in [0.2, 0.25) is 0 Å². The molecule has 0 fully saturated rings. The molecule has 0 aliphatic rings. The SMILES string of the molecule is CCc1nc(CC)n(Cc2occc2C(=O)OC)n1.